The molecule has 3 aromatic heterocycles. The third-order valence-electron chi connectivity index (χ3n) is 6.37. The van der Waals surface area contributed by atoms with Crippen LogP contribution in [0.25, 0.3) is 37.2 Å². The van der Waals surface area contributed by atoms with Crippen molar-refractivity contribution in [3.63, 3.8) is 0 Å². The molecule has 0 radical (unpaired) electrons. The second kappa shape index (κ2) is 7.78. The maximum absolute atomic E-state index is 13.5. The fraction of sp³-hybridized carbons (Fsp3) is 0.231. The third kappa shape index (κ3) is 3.23. The van der Waals surface area contributed by atoms with Crippen molar-refractivity contribution >= 4 is 31.8 Å². The molecule has 1 aliphatic rings. The number of aryl methyl sites for hydroxylation is 2. The fourth-order valence-electron chi connectivity index (χ4n) is 4.67. The Labute approximate surface area is 194 Å². The molecule has 0 saturated heterocycles. The predicted octanol–water partition coefficient (Wildman–Crippen LogP) is 5.25. The number of pyridine rings is 1. The molecule has 0 amide bonds. The lowest BCUT2D eigenvalue weighted by atomic mass is 9.87. The Morgan fingerprint density at radius 1 is 1.00 bits per heavy atom. The van der Waals surface area contributed by atoms with E-state index in [1.165, 1.54) is 21.6 Å². The lowest BCUT2D eigenvalue weighted by Crippen LogP contribution is -2.21. The van der Waals surface area contributed by atoms with Crippen LogP contribution in [0.3, 0.4) is 0 Å². The summed E-state index contributed by atoms with van der Waals surface area (Å²) < 4.78 is 7.33. The summed E-state index contributed by atoms with van der Waals surface area (Å²) in [5, 5.41) is 9.80. The first-order chi connectivity index (χ1) is 16.1. The molecule has 0 N–H and O–H groups in total. The van der Waals surface area contributed by atoms with Gasteiger partial charge in [0.2, 0.25) is 0 Å². The largest absolute Gasteiger partial charge is 0.497 e. The topological polar surface area (TPSA) is 69.9 Å². The standard InChI is InChI=1S/C26H22N4O2S/c1-15-7-11-17(12-8-15)30-26(31)24-23(28-29-30)22-21(16-9-13-18(32-2)14-10-16)19-5-3-4-6-20(19)27-25(22)33-24/h7-14H,3-6H2,1-2H3. The molecule has 0 fully saturated rings. The van der Waals surface area contributed by atoms with Gasteiger partial charge in [-0.3, -0.25) is 4.79 Å². The Kier molecular flexibility index (Phi) is 4.73. The summed E-state index contributed by atoms with van der Waals surface area (Å²) in [6.07, 6.45) is 4.21. The number of hydrogen-bond acceptors (Lipinski definition) is 6. The van der Waals surface area contributed by atoms with Gasteiger partial charge in [-0.05, 0) is 73.6 Å². The number of thiophene rings is 1. The molecule has 1 aliphatic carbocycles. The van der Waals surface area contributed by atoms with Crippen LogP contribution in [-0.2, 0) is 12.8 Å². The summed E-state index contributed by atoms with van der Waals surface area (Å²) in [4.78, 5) is 19.3. The molecule has 33 heavy (non-hydrogen) atoms. The molecule has 5 aromatic rings. The number of hydrogen-bond donors (Lipinski definition) is 0. The van der Waals surface area contributed by atoms with Gasteiger partial charge in [0.05, 0.1) is 12.8 Å². The number of fused-ring (bicyclic) bond motifs is 4. The summed E-state index contributed by atoms with van der Waals surface area (Å²) in [5.41, 5.74) is 6.93. The molecule has 0 unspecified atom stereocenters. The lowest BCUT2D eigenvalue weighted by molar-refractivity contribution is 0.415. The summed E-state index contributed by atoms with van der Waals surface area (Å²) in [7, 11) is 1.67. The normalized spacial score (nSPS) is 13.4. The van der Waals surface area contributed by atoms with Crippen molar-refractivity contribution in [1.29, 1.82) is 0 Å². The summed E-state index contributed by atoms with van der Waals surface area (Å²) in [6, 6.07) is 15.8. The molecule has 6 rings (SSSR count). The average Bonchev–Trinajstić information content (AvgIpc) is 3.22. The Morgan fingerprint density at radius 3 is 2.52 bits per heavy atom. The second-order valence-corrected chi connectivity index (χ2v) is 9.45. The number of rotatable bonds is 3. The van der Waals surface area contributed by atoms with E-state index in [2.05, 4.69) is 22.4 Å². The van der Waals surface area contributed by atoms with Crippen LogP contribution in [0.1, 0.15) is 29.7 Å². The molecule has 6 nitrogen and oxygen atoms in total. The monoisotopic (exact) mass is 454 g/mol. The smallest absolute Gasteiger partial charge is 0.292 e. The molecule has 2 aromatic carbocycles. The number of nitrogens with zero attached hydrogens (tertiary/aromatic N) is 4. The maximum atomic E-state index is 13.5. The predicted molar refractivity (Wildman–Crippen MR) is 132 cm³/mol. The van der Waals surface area contributed by atoms with E-state index >= 15 is 0 Å². The van der Waals surface area contributed by atoms with Gasteiger partial charge in [0.15, 0.2) is 0 Å². The second-order valence-electron chi connectivity index (χ2n) is 8.45. The zero-order valence-corrected chi connectivity index (χ0v) is 19.3. The van der Waals surface area contributed by atoms with E-state index in [4.69, 9.17) is 9.72 Å². The van der Waals surface area contributed by atoms with Crippen molar-refractivity contribution < 1.29 is 4.74 Å². The van der Waals surface area contributed by atoms with Crippen molar-refractivity contribution in [3.8, 4) is 22.6 Å². The first-order valence-corrected chi connectivity index (χ1v) is 11.9. The van der Waals surface area contributed by atoms with E-state index in [0.29, 0.717) is 15.9 Å². The fourth-order valence-corrected chi connectivity index (χ4v) is 5.73. The Bertz CT molecular complexity index is 1570. The van der Waals surface area contributed by atoms with Gasteiger partial charge in [-0.1, -0.05) is 35.0 Å². The van der Waals surface area contributed by atoms with E-state index in [-0.39, 0.29) is 5.56 Å². The van der Waals surface area contributed by atoms with E-state index in [0.717, 1.165) is 64.0 Å². The molecule has 0 aliphatic heterocycles. The number of aromatic nitrogens is 4. The summed E-state index contributed by atoms with van der Waals surface area (Å²) >= 11 is 1.42. The SMILES string of the molecule is COc1ccc(-c2c3c(nc4sc5c(=O)n(-c6ccc(C)cc6)nnc5c24)CCCC3)cc1. The first kappa shape index (κ1) is 20.1. The summed E-state index contributed by atoms with van der Waals surface area (Å²) in [5.74, 6) is 0.814. The first-order valence-electron chi connectivity index (χ1n) is 11.1. The van der Waals surface area contributed by atoms with Gasteiger partial charge in [-0.25, -0.2) is 4.98 Å². The van der Waals surface area contributed by atoms with Crippen LogP contribution in [0, 0.1) is 6.92 Å². The van der Waals surface area contributed by atoms with E-state index in [9.17, 15) is 4.79 Å². The van der Waals surface area contributed by atoms with Gasteiger partial charge in [-0.15, -0.1) is 16.4 Å². The average molecular weight is 455 g/mol. The van der Waals surface area contributed by atoms with Gasteiger partial charge in [0, 0.05) is 11.1 Å². The van der Waals surface area contributed by atoms with Gasteiger partial charge in [0.1, 0.15) is 20.8 Å². The molecule has 0 spiro atoms. The number of methoxy groups -OCH3 is 1. The third-order valence-corrected chi connectivity index (χ3v) is 7.43. The number of ether oxygens (including phenoxy) is 1. The molecular weight excluding hydrogens is 432 g/mol. The van der Waals surface area contributed by atoms with Crippen LogP contribution in [0.4, 0.5) is 0 Å². The van der Waals surface area contributed by atoms with Crippen molar-refractivity contribution in [2.24, 2.45) is 0 Å². The van der Waals surface area contributed by atoms with E-state index in [1.807, 2.05) is 43.3 Å². The summed E-state index contributed by atoms with van der Waals surface area (Å²) in [6.45, 7) is 2.02. The quantitative estimate of drug-likeness (QED) is 0.372. The van der Waals surface area contributed by atoms with Crippen LogP contribution in [-0.4, -0.2) is 27.1 Å². The van der Waals surface area contributed by atoms with Crippen LogP contribution >= 0.6 is 11.3 Å². The van der Waals surface area contributed by atoms with Gasteiger partial charge in [0.25, 0.3) is 5.56 Å². The zero-order chi connectivity index (χ0) is 22.5. The minimum absolute atomic E-state index is 0.162. The molecular formula is C26H22N4O2S. The number of benzene rings is 2. The van der Waals surface area contributed by atoms with Crippen LogP contribution < -0.4 is 10.3 Å². The highest BCUT2D eigenvalue weighted by Crippen LogP contribution is 2.42. The van der Waals surface area contributed by atoms with Crippen molar-refractivity contribution in [3.05, 3.63) is 75.7 Å². The molecule has 0 saturated carbocycles. The molecule has 3 heterocycles. The van der Waals surface area contributed by atoms with Gasteiger partial charge < -0.3 is 4.74 Å². The van der Waals surface area contributed by atoms with Crippen LogP contribution in [0.5, 0.6) is 5.75 Å². The highest BCUT2D eigenvalue weighted by atomic mass is 32.1. The highest BCUT2D eigenvalue weighted by Gasteiger charge is 2.24. The Hall–Kier alpha value is -3.58. The van der Waals surface area contributed by atoms with Crippen molar-refractivity contribution in [2.75, 3.05) is 7.11 Å². The van der Waals surface area contributed by atoms with E-state index < -0.39 is 0 Å². The van der Waals surface area contributed by atoms with Crippen LogP contribution in [0.2, 0.25) is 0 Å². The highest BCUT2D eigenvalue weighted by molar-refractivity contribution is 7.25. The Morgan fingerprint density at radius 2 is 1.76 bits per heavy atom. The minimum atomic E-state index is -0.162. The van der Waals surface area contributed by atoms with E-state index in [1.54, 1.807) is 7.11 Å². The van der Waals surface area contributed by atoms with Gasteiger partial charge >= 0.3 is 0 Å². The molecule has 7 heteroatoms. The van der Waals surface area contributed by atoms with Crippen molar-refractivity contribution in [1.82, 2.24) is 20.0 Å². The zero-order valence-electron chi connectivity index (χ0n) is 18.5. The molecule has 0 atom stereocenters. The van der Waals surface area contributed by atoms with Crippen LogP contribution in [0.15, 0.2) is 53.3 Å². The van der Waals surface area contributed by atoms with Crippen molar-refractivity contribution in [2.45, 2.75) is 32.6 Å². The Balaban J connectivity index is 1.66. The molecule has 164 valence electrons. The maximum Gasteiger partial charge on any atom is 0.292 e. The molecule has 0 bridgehead atoms. The minimum Gasteiger partial charge on any atom is -0.497 e. The van der Waals surface area contributed by atoms with Gasteiger partial charge in [-0.2, -0.15) is 4.68 Å². The lowest BCUT2D eigenvalue weighted by Gasteiger charge is -2.20.